The Morgan fingerprint density at radius 2 is 2.56 bits per heavy atom. The quantitative estimate of drug-likeness (QED) is 0.724. The average molecular weight is 253 g/mol. The van der Waals surface area contributed by atoms with Crippen molar-refractivity contribution in [3.63, 3.8) is 0 Å². The van der Waals surface area contributed by atoms with Gasteiger partial charge in [0.1, 0.15) is 5.82 Å². The number of ether oxygens (including phenoxy) is 2. The van der Waals surface area contributed by atoms with Gasteiger partial charge in [-0.25, -0.2) is 14.8 Å². The van der Waals surface area contributed by atoms with E-state index in [-0.39, 0.29) is 18.5 Å². The Bertz CT molecular complexity index is 427. The van der Waals surface area contributed by atoms with E-state index in [1.54, 1.807) is 6.07 Å². The second-order valence-electron chi connectivity index (χ2n) is 3.85. The molecule has 1 aromatic heterocycles. The maximum absolute atomic E-state index is 11.3. The van der Waals surface area contributed by atoms with E-state index in [0.717, 1.165) is 0 Å². The van der Waals surface area contributed by atoms with Crippen molar-refractivity contribution in [1.29, 1.82) is 0 Å². The van der Waals surface area contributed by atoms with Crippen LogP contribution in [0.15, 0.2) is 12.3 Å². The van der Waals surface area contributed by atoms with E-state index in [0.29, 0.717) is 25.5 Å². The monoisotopic (exact) mass is 253 g/mol. The molecule has 1 aromatic rings. The summed E-state index contributed by atoms with van der Waals surface area (Å²) in [6, 6.07) is 1.71. The first-order chi connectivity index (χ1) is 8.74. The molecule has 1 aliphatic heterocycles. The van der Waals surface area contributed by atoms with Gasteiger partial charge >= 0.3 is 5.97 Å². The summed E-state index contributed by atoms with van der Waals surface area (Å²) in [5, 5.41) is 9.08. The molecule has 0 aliphatic carbocycles. The van der Waals surface area contributed by atoms with Crippen molar-refractivity contribution in [1.82, 2.24) is 9.97 Å². The molecule has 0 saturated carbocycles. The maximum Gasteiger partial charge on any atom is 0.376 e. The van der Waals surface area contributed by atoms with Crippen LogP contribution in [0.5, 0.6) is 0 Å². The molecular formula is C11H15N3O4. The summed E-state index contributed by atoms with van der Waals surface area (Å²) in [6.07, 6.45) is 1.29. The lowest BCUT2D eigenvalue weighted by Crippen LogP contribution is -2.44. The lowest BCUT2D eigenvalue weighted by Gasteiger charge is -2.32. The van der Waals surface area contributed by atoms with E-state index in [9.17, 15) is 4.79 Å². The first-order valence-electron chi connectivity index (χ1n) is 5.63. The maximum atomic E-state index is 11.3. The van der Waals surface area contributed by atoms with Crippen LogP contribution in [0.3, 0.4) is 0 Å². The Balaban J connectivity index is 2.15. The van der Waals surface area contributed by atoms with Crippen molar-refractivity contribution in [3.05, 3.63) is 18.1 Å². The summed E-state index contributed by atoms with van der Waals surface area (Å²) < 4.78 is 9.92. The highest BCUT2D eigenvalue weighted by molar-refractivity contribution is 5.85. The molecule has 7 nitrogen and oxygen atoms in total. The second kappa shape index (κ2) is 5.74. The number of anilines is 1. The number of aliphatic hydroxyl groups is 1. The van der Waals surface area contributed by atoms with E-state index < -0.39 is 5.97 Å². The van der Waals surface area contributed by atoms with Crippen LogP contribution in [0.1, 0.15) is 10.6 Å². The first kappa shape index (κ1) is 12.7. The summed E-state index contributed by atoms with van der Waals surface area (Å²) in [4.78, 5) is 21.3. The number of hydrogen-bond donors (Lipinski definition) is 1. The van der Waals surface area contributed by atoms with Crippen molar-refractivity contribution in [2.45, 2.75) is 6.10 Å². The third-order valence-corrected chi connectivity index (χ3v) is 2.68. The Morgan fingerprint density at radius 3 is 3.28 bits per heavy atom. The topological polar surface area (TPSA) is 84.8 Å². The third-order valence-electron chi connectivity index (χ3n) is 2.68. The molecule has 0 aromatic carbocycles. The summed E-state index contributed by atoms with van der Waals surface area (Å²) >= 11 is 0. The van der Waals surface area contributed by atoms with E-state index in [1.807, 2.05) is 4.90 Å². The van der Waals surface area contributed by atoms with Crippen LogP contribution in [0.4, 0.5) is 5.82 Å². The summed E-state index contributed by atoms with van der Waals surface area (Å²) in [6.45, 7) is 1.68. The molecule has 1 aliphatic rings. The molecule has 1 atom stereocenters. The molecule has 2 rings (SSSR count). The molecule has 2 heterocycles. The van der Waals surface area contributed by atoms with E-state index in [2.05, 4.69) is 14.7 Å². The highest BCUT2D eigenvalue weighted by atomic mass is 16.5. The molecule has 0 radical (unpaired) electrons. The molecule has 1 fully saturated rings. The van der Waals surface area contributed by atoms with Crippen molar-refractivity contribution >= 4 is 11.8 Å². The molecule has 1 unspecified atom stereocenters. The summed E-state index contributed by atoms with van der Waals surface area (Å²) in [5.74, 6) is 0.0954. The number of aliphatic hydroxyl groups excluding tert-OH is 1. The number of esters is 1. The van der Waals surface area contributed by atoms with Gasteiger partial charge in [-0.05, 0) is 6.07 Å². The first-order valence-corrected chi connectivity index (χ1v) is 5.63. The van der Waals surface area contributed by atoms with Gasteiger partial charge in [0, 0.05) is 19.3 Å². The SMILES string of the molecule is COC(=O)c1nccc(N2CCOC(CO)C2)n1. The number of nitrogens with zero attached hydrogens (tertiary/aromatic N) is 3. The van der Waals surface area contributed by atoms with Gasteiger partial charge in [0.05, 0.1) is 26.4 Å². The van der Waals surface area contributed by atoms with Crippen molar-refractivity contribution < 1.29 is 19.4 Å². The molecule has 1 saturated heterocycles. The van der Waals surface area contributed by atoms with Crippen molar-refractivity contribution in [2.75, 3.05) is 38.3 Å². The van der Waals surface area contributed by atoms with Gasteiger partial charge in [-0.15, -0.1) is 0 Å². The van der Waals surface area contributed by atoms with Crippen LogP contribution < -0.4 is 4.90 Å². The number of aromatic nitrogens is 2. The van der Waals surface area contributed by atoms with Crippen LogP contribution in [0.25, 0.3) is 0 Å². The van der Waals surface area contributed by atoms with Gasteiger partial charge in [0.15, 0.2) is 0 Å². The lowest BCUT2D eigenvalue weighted by molar-refractivity contribution is 0.00334. The Morgan fingerprint density at radius 1 is 1.72 bits per heavy atom. The van der Waals surface area contributed by atoms with Gasteiger partial charge < -0.3 is 19.5 Å². The summed E-state index contributed by atoms with van der Waals surface area (Å²) in [5.41, 5.74) is 0. The van der Waals surface area contributed by atoms with Crippen LogP contribution in [-0.2, 0) is 9.47 Å². The standard InChI is InChI=1S/C11H15N3O4/c1-17-11(16)10-12-3-2-9(13-10)14-4-5-18-8(6-14)7-15/h2-3,8,15H,4-7H2,1H3. The van der Waals surface area contributed by atoms with E-state index in [1.165, 1.54) is 13.3 Å². The zero-order valence-corrected chi connectivity index (χ0v) is 10.1. The predicted octanol–water partition coefficient (Wildman–Crippen LogP) is -0.539. The normalized spacial score (nSPS) is 19.7. The smallest absolute Gasteiger partial charge is 0.376 e. The molecule has 18 heavy (non-hydrogen) atoms. The Kier molecular flexibility index (Phi) is 4.06. The highest BCUT2D eigenvalue weighted by Gasteiger charge is 2.21. The zero-order chi connectivity index (χ0) is 13.0. The number of methoxy groups -OCH3 is 1. The molecule has 1 N–H and O–H groups in total. The van der Waals surface area contributed by atoms with Crippen LogP contribution in [0.2, 0.25) is 0 Å². The average Bonchev–Trinajstić information content (AvgIpc) is 2.46. The predicted molar refractivity (Wildman–Crippen MR) is 62.4 cm³/mol. The number of carbonyl (C=O) groups is 1. The lowest BCUT2D eigenvalue weighted by atomic mass is 10.3. The molecule has 0 amide bonds. The van der Waals surface area contributed by atoms with Crippen LogP contribution in [0, 0.1) is 0 Å². The van der Waals surface area contributed by atoms with Gasteiger partial charge in [-0.1, -0.05) is 0 Å². The molecule has 98 valence electrons. The third kappa shape index (κ3) is 2.74. The second-order valence-corrected chi connectivity index (χ2v) is 3.85. The number of hydrogen-bond acceptors (Lipinski definition) is 7. The minimum Gasteiger partial charge on any atom is -0.463 e. The summed E-state index contributed by atoms with van der Waals surface area (Å²) in [7, 11) is 1.29. The highest BCUT2D eigenvalue weighted by Crippen LogP contribution is 2.14. The molecule has 0 bridgehead atoms. The minimum absolute atomic E-state index is 0.0297. The molecule has 0 spiro atoms. The Hall–Kier alpha value is -1.73. The van der Waals surface area contributed by atoms with Gasteiger partial charge in [-0.3, -0.25) is 0 Å². The number of morpholine rings is 1. The minimum atomic E-state index is -0.566. The fraction of sp³-hybridized carbons (Fsp3) is 0.545. The fourth-order valence-corrected chi connectivity index (χ4v) is 1.75. The molecule has 7 heteroatoms. The number of rotatable bonds is 3. The van der Waals surface area contributed by atoms with Gasteiger partial charge in [-0.2, -0.15) is 0 Å². The largest absolute Gasteiger partial charge is 0.463 e. The number of carbonyl (C=O) groups excluding carboxylic acids is 1. The van der Waals surface area contributed by atoms with E-state index >= 15 is 0 Å². The van der Waals surface area contributed by atoms with Gasteiger partial charge in [0.2, 0.25) is 5.82 Å². The zero-order valence-electron chi connectivity index (χ0n) is 10.1. The van der Waals surface area contributed by atoms with Crippen LogP contribution >= 0.6 is 0 Å². The Labute approximate surface area is 104 Å². The van der Waals surface area contributed by atoms with Gasteiger partial charge in [0.25, 0.3) is 0 Å². The van der Waals surface area contributed by atoms with E-state index in [4.69, 9.17) is 9.84 Å². The van der Waals surface area contributed by atoms with Crippen LogP contribution in [-0.4, -0.2) is 60.6 Å². The van der Waals surface area contributed by atoms with Crippen molar-refractivity contribution in [3.8, 4) is 0 Å². The molecular weight excluding hydrogens is 238 g/mol. The van der Waals surface area contributed by atoms with Crippen molar-refractivity contribution in [2.24, 2.45) is 0 Å². The fourth-order valence-electron chi connectivity index (χ4n) is 1.75.